The Bertz CT molecular complexity index is 150. The number of likely N-dealkylation sites (N-methyl/N-ethyl adjacent to an activating group) is 1. The molecule has 1 rings (SSSR count). The summed E-state index contributed by atoms with van der Waals surface area (Å²) < 4.78 is 11.0. The second-order valence-electron chi connectivity index (χ2n) is 4.15. The van der Waals surface area contributed by atoms with Gasteiger partial charge in [-0.2, -0.15) is 0 Å². The summed E-state index contributed by atoms with van der Waals surface area (Å²) in [5, 5.41) is 0. The van der Waals surface area contributed by atoms with E-state index in [0.29, 0.717) is 19.3 Å². The predicted octanol–water partition coefficient (Wildman–Crippen LogP) is 0.463. The maximum Gasteiger partial charge on any atom is 0.0701 e. The molecule has 0 aromatic rings. The van der Waals surface area contributed by atoms with Crippen LogP contribution >= 0.6 is 0 Å². The summed E-state index contributed by atoms with van der Waals surface area (Å²) in [5.41, 5.74) is 5.34. The summed E-state index contributed by atoms with van der Waals surface area (Å²) in [6, 6.07) is 0. The number of nitrogens with zero attached hydrogens (tertiary/aromatic N) is 1. The maximum atomic E-state index is 5.67. The van der Waals surface area contributed by atoms with Crippen LogP contribution in [0.1, 0.15) is 19.3 Å². The van der Waals surface area contributed by atoms with Crippen LogP contribution in [0.2, 0.25) is 0 Å². The number of rotatable bonds is 7. The van der Waals surface area contributed by atoms with E-state index in [1.54, 1.807) is 0 Å². The lowest BCUT2D eigenvalue weighted by Gasteiger charge is -2.27. The predicted molar refractivity (Wildman–Crippen MR) is 61.0 cm³/mol. The molecule has 1 heterocycles. The van der Waals surface area contributed by atoms with Crippen molar-refractivity contribution in [1.29, 1.82) is 0 Å². The van der Waals surface area contributed by atoms with Crippen molar-refractivity contribution in [1.82, 2.24) is 4.90 Å². The molecule has 15 heavy (non-hydrogen) atoms. The summed E-state index contributed by atoms with van der Waals surface area (Å²) in [4.78, 5) is 2.27. The second-order valence-corrected chi connectivity index (χ2v) is 4.15. The summed E-state index contributed by atoms with van der Waals surface area (Å²) >= 11 is 0. The molecule has 0 amide bonds. The van der Waals surface area contributed by atoms with Crippen LogP contribution in [-0.4, -0.2) is 57.5 Å². The molecule has 0 aromatic carbocycles. The molecule has 0 aliphatic carbocycles. The summed E-state index contributed by atoms with van der Waals surface area (Å²) in [6.45, 7) is 4.94. The third-order valence-electron chi connectivity index (χ3n) is 2.67. The van der Waals surface area contributed by atoms with Crippen molar-refractivity contribution in [3.8, 4) is 0 Å². The average molecular weight is 216 g/mol. The van der Waals surface area contributed by atoms with Crippen molar-refractivity contribution in [2.75, 3.05) is 46.5 Å². The third-order valence-corrected chi connectivity index (χ3v) is 2.67. The molecule has 1 fully saturated rings. The first-order valence-electron chi connectivity index (χ1n) is 5.91. The van der Waals surface area contributed by atoms with Gasteiger partial charge in [0.05, 0.1) is 19.3 Å². The molecule has 4 nitrogen and oxygen atoms in total. The van der Waals surface area contributed by atoms with Gasteiger partial charge < -0.3 is 20.1 Å². The Kier molecular flexibility index (Phi) is 6.92. The summed E-state index contributed by atoms with van der Waals surface area (Å²) in [5.74, 6) is 0. The van der Waals surface area contributed by atoms with Crippen LogP contribution in [0.5, 0.6) is 0 Å². The van der Waals surface area contributed by atoms with Gasteiger partial charge in [-0.25, -0.2) is 0 Å². The van der Waals surface area contributed by atoms with Crippen molar-refractivity contribution in [3.63, 3.8) is 0 Å². The van der Waals surface area contributed by atoms with Crippen LogP contribution < -0.4 is 5.73 Å². The Morgan fingerprint density at radius 2 is 2.27 bits per heavy atom. The van der Waals surface area contributed by atoms with Crippen LogP contribution in [0.25, 0.3) is 0 Å². The number of hydrogen-bond donors (Lipinski definition) is 1. The van der Waals surface area contributed by atoms with Crippen LogP contribution in [-0.2, 0) is 9.47 Å². The minimum absolute atomic E-state index is 0.429. The molecule has 90 valence electrons. The Hall–Kier alpha value is -0.160. The number of hydrogen-bond acceptors (Lipinski definition) is 4. The first-order chi connectivity index (χ1) is 7.33. The van der Waals surface area contributed by atoms with E-state index < -0.39 is 0 Å². The quantitative estimate of drug-likeness (QED) is 0.628. The Balaban J connectivity index is 1.98. The number of nitrogens with two attached hydrogens (primary N) is 1. The lowest BCUT2D eigenvalue weighted by atomic mass is 10.1. The summed E-state index contributed by atoms with van der Waals surface area (Å²) in [7, 11) is 2.11. The number of ether oxygens (including phenoxy) is 2. The average Bonchev–Trinajstić information content (AvgIpc) is 2.26. The van der Waals surface area contributed by atoms with Crippen LogP contribution in [0.15, 0.2) is 0 Å². The molecule has 0 radical (unpaired) electrons. The first kappa shape index (κ1) is 12.9. The topological polar surface area (TPSA) is 47.7 Å². The van der Waals surface area contributed by atoms with Gasteiger partial charge in [-0.3, -0.25) is 0 Å². The van der Waals surface area contributed by atoms with Gasteiger partial charge in [0.2, 0.25) is 0 Å². The highest BCUT2D eigenvalue weighted by molar-refractivity contribution is 4.67. The van der Waals surface area contributed by atoms with Gasteiger partial charge in [-0.05, 0) is 26.3 Å². The molecule has 1 unspecified atom stereocenters. The lowest BCUT2D eigenvalue weighted by Crippen LogP contribution is -2.35. The largest absolute Gasteiger partial charge is 0.379 e. The molecule has 0 bridgehead atoms. The van der Waals surface area contributed by atoms with E-state index >= 15 is 0 Å². The van der Waals surface area contributed by atoms with Gasteiger partial charge in [0.15, 0.2) is 0 Å². The van der Waals surface area contributed by atoms with E-state index in [9.17, 15) is 0 Å². The van der Waals surface area contributed by atoms with E-state index in [0.717, 1.165) is 26.3 Å². The molecule has 0 aromatic heterocycles. The van der Waals surface area contributed by atoms with Gasteiger partial charge in [0.1, 0.15) is 0 Å². The van der Waals surface area contributed by atoms with Crippen LogP contribution in [0.4, 0.5) is 0 Å². The van der Waals surface area contributed by atoms with Crippen molar-refractivity contribution in [2.24, 2.45) is 5.73 Å². The normalized spacial score (nSPS) is 22.2. The van der Waals surface area contributed by atoms with Crippen molar-refractivity contribution < 1.29 is 9.47 Å². The Labute approximate surface area is 92.7 Å². The van der Waals surface area contributed by atoms with Crippen LogP contribution in [0, 0.1) is 0 Å². The highest BCUT2D eigenvalue weighted by atomic mass is 16.5. The second kappa shape index (κ2) is 8.05. The molecule has 2 N–H and O–H groups in total. The molecule has 1 atom stereocenters. The zero-order chi connectivity index (χ0) is 10.9. The zero-order valence-corrected chi connectivity index (χ0v) is 9.78. The van der Waals surface area contributed by atoms with Crippen LogP contribution in [0.3, 0.4) is 0 Å². The standard InChI is InChI=1S/C11H24N2O2/c1-13(6-9-14-8-5-12)10-11-4-2-3-7-15-11/h11H,2-10,12H2,1H3. The Morgan fingerprint density at radius 1 is 1.40 bits per heavy atom. The first-order valence-corrected chi connectivity index (χ1v) is 5.91. The molecular formula is C11H24N2O2. The van der Waals surface area contributed by atoms with Gasteiger partial charge in [0.25, 0.3) is 0 Å². The molecule has 4 heteroatoms. The minimum Gasteiger partial charge on any atom is -0.379 e. The molecule has 0 saturated carbocycles. The van der Waals surface area contributed by atoms with E-state index in [1.807, 2.05) is 0 Å². The molecule has 1 aliphatic rings. The van der Waals surface area contributed by atoms with Crippen molar-refractivity contribution >= 4 is 0 Å². The van der Waals surface area contributed by atoms with Gasteiger partial charge in [0, 0.05) is 26.2 Å². The highest BCUT2D eigenvalue weighted by Gasteiger charge is 2.15. The molecular weight excluding hydrogens is 192 g/mol. The van der Waals surface area contributed by atoms with E-state index in [-0.39, 0.29) is 0 Å². The fraction of sp³-hybridized carbons (Fsp3) is 1.00. The van der Waals surface area contributed by atoms with Gasteiger partial charge in [-0.15, -0.1) is 0 Å². The fourth-order valence-electron chi connectivity index (χ4n) is 1.80. The maximum absolute atomic E-state index is 5.67. The SMILES string of the molecule is CN(CCOCCN)CC1CCCCO1. The monoisotopic (exact) mass is 216 g/mol. The molecule has 1 saturated heterocycles. The van der Waals surface area contributed by atoms with Gasteiger partial charge in [-0.1, -0.05) is 0 Å². The smallest absolute Gasteiger partial charge is 0.0701 e. The molecule has 0 spiro atoms. The molecule has 1 aliphatic heterocycles. The van der Waals surface area contributed by atoms with E-state index in [4.69, 9.17) is 15.2 Å². The Morgan fingerprint density at radius 3 is 2.93 bits per heavy atom. The van der Waals surface area contributed by atoms with Crippen molar-refractivity contribution in [2.45, 2.75) is 25.4 Å². The minimum atomic E-state index is 0.429. The van der Waals surface area contributed by atoms with E-state index in [2.05, 4.69) is 11.9 Å². The summed E-state index contributed by atoms with van der Waals surface area (Å²) in [6.07, 6.45) is 4.16. The zero-order valence-electron chi connectivity index (χ0n) is 9.78. The fourth-order valence-corrected chi connectivity index (χ4v) is 1.80. The highest BCUT2D eigenvalue weighted by Crippen LogP contribution is 2.13. The third kappa shape index (κ3) is 6.10. The van der Waals surface area contributed by atoms with Crippen molar-refractivity contribution in [3.05, 3.63) is 0 Å². The van der Waals surface area contributed by atoms with Gasteiger partial charge >= 0.3 is 0 Å². The lowest BCUT2D eigenvalue weighted by molar-refractivity contribution is -0.00548. The van der Waals surface area contributed by atoms with E-state index in [1.165, 1.54) is 19.3 Å².